The Balaban J connectivity index is 2.66. The molecule has 0 saturated carbocycles. The fourth-order valence-electron chi connectivity index (χ4n) is 1.89. The second-order valence-electron chi connectivity index (χ2n) is 3.67. The van der Waals surface area contributed by atoms with Gasteiger partial charge >= 0.3 is 0 Å². The molecule has 2 heterocycles. The molecule has 2 aromatic heterocycles. The maximum absolute atomic E-state index is 12.1. The number of aromatic nitrogens is 2. The summed E-state index contributed by atoms with van der Waals surface area (Å²) < 4.78 is 1.47. The first kappa shape index (κ1) is 9.55. The van der Waals surface area contributed by atoms with Gasteiger partial charge in [-0.15, -0.1) is 0 Å². The van der Waals surface area contributed by atoms with Gasteiger partial charge in [-0.25, -0.2) is 4.98 Å². The first-order chi connectivity index (χ1) is 8.31. The molecule has 0 N–H and O–H groups in total. The second-order valence-corrected chi connectivity index (χ2v) is 3.67. The van der Waals surface area contributed by atoms with Crippen molar-refractivity contribution in [3.63, 3.8) is 0 Å². The van der Waals surface area contributed by atoms with Crippen LogP contribution < -0.4 is 5.56 Å². The van der Waals surface area contributed by atoms with E-state index in [2.05, 4.69) is 4.98 Å². The monoisotopic (exact) mass is 221 g/mol. The maximum Gasteiger partial charge on any atom is 0.276 e. The summed E-state index contributed by atoms with van der Waals surface area (Å²) >= 11 is 0. The molecule has 3 rings (SSSR count). The van der Waals surface area contributed by atoms with Gasteiger partial charge in [-0.3, -0.25) is 9.20 Å². The van der Waals surface area contributed by atoms with Gasteiger partial charge < -0.3 is 0 Å². The quantitative estimate of drug-likeness (QED) is 0.543. The van der Waals surface area contributed by atoms with Crippen LogP contribution in [-0.2, 0) is 0 Å². The summed E-state index contributed by atoms with van der Waals surface area (Å²) in [6, 6.07) is 13.0. The molecule has 0 aliphatic heterocycles. The van der Waals surface area contributed by atoms with E-state index in [-0.39, 0.29) is 11.1 Å². The minimum Gasteiger partial charge on any atom is -0.267 e. The molecule has 80 valence electrons. The molecular formula is C13H7N3O. The highest BCUT2D eigenvalue weighted by Gasteiger charge is 2.06. The van der Waals surface area contributed by atoms with Crippen LogP contribution in [0.25, 0.3) is 16.6 Å². The lowest BCUT2D eigenvalue weighted by Crippen LogP contribution is -2.18. The van der Waals surface area contributed by atoms with Gasteiger partial charge in [0.25, 0.3) is 5.56 Å². The van der Waals surface area contributed by atoms with Gasteiger partial charge in [-0.1, -0.05) is 18.2 Å². The van der Waals surface area contributed by atoms with Crippen LogP contribution in [0.3, 0.4) is 0 Å². The molecular weight excluding hydrogens is 214 g/mol. The van der Waals surface area contributed by atoms with Crippen LogP contribution in [0, 0.1) is 11.3 Å². The molecule has 0 atom stereocenters. The van der Waals surface area contributed by atoms with Crippen molar-refractivity contribution in [1.82, 2.24) is 9.38 Å². The molecule has 0 saturated heterocycles. The molecule has 17 heavy (non-hydrogen) atoms. The zero-order valence-corrected chi connectivity index (χ0v) is 8.79. The van der Waals surface area contributed by atoms with Gasteiger partial charge in [-0.2, -0.15) is 5.26 Å². The van der Waals surface area contributed by atoms with Gasteiger partial charge in [0.1, 0.15) is 17.3 Å². The Labute approximate surface area is 96.4 Å². The van der Waals surface area contributed by atoms with E-state index in [0.29, 0.717) is 5.65 Å². The topological polar surface area (TPSA) is 58.2 Å². The van der Waals surface area contributed by atoms with E-state index in [4.69, 9.17) is 5.26 Å². The van der Waals surface area contributed by atoms with Crippen molar-refractivity contribution in [2.24, 2.45) is 0 Å². The van der Waals surface area contributed by atoms with Crippen molar-refractivity contribution in [2.45, 2.75) is 0 Å². The minimum atomic E-state index is -0.325. The Hall–Kier alpha value is -2.67. The average molecular weight is 221 g/mol. The number of fused-ring (bicyclic) bond motifs is 3. The van der Waals surface area contributed by atoms with Crippen LogP contribution in [0.4, 0.5) is 0 Å². The molecule has 0 fully saturated rings. The highest BCUT2D eigenvalue weighted by Crippen LogP contribution is 2.13. The molecule has 3 aromatic rings. The van der Waals surface area contributed by atoms with Crippen LogP contribution in [0.2, 0.25) is 0 Å². The molecule has 1 aromatic carbocycles. The second kappa shape index (κ2) is 3.42. The Kier molecular flexibility index (Phi) is 1.92. The standard InChI is InChI=1S/C13H7N3O/c14-7-10-8-15-12-6-5-9-3-1-2-4-11(9)16(12)13(10)17/h1-6,8H. The van der Waals surface area contributed by atoms with E-state index in [9.17, 15) is 4.79 Å². The van der Waals surface area contributed by atoms with Gasteiger partial charge in [-0.05, 0) is 23.6 Å². The van der Waals surface area contributed by atoms with Crippen LogP contribution in [-0.4, -0.2) is 9.38 Å². The molecule has 0 radical (unpaired) electrons. The van der Waals surface area contributed by atoms with Crippen LogP contribution in [0.15, 0.2) is 47.4 Å². The molecule has 0 unspecified atom stereocenters. The third-order valence-electron chi connectivity index (χ3n) is 2.70. The number of rotatable bonds is 0. The van der Waals surface area contributed by atoms with Crippen LogP contribution >= 0.6 is 0 Å². The molecule has 0 aliphatic carbocycles. The Morgan fingerprint density at radius 3 is 2.82 bits per heavy atom. The molecule has 0 spiro atoms. The predicted molar refractivity (Wildman–Crippen MR) is 63.7 cm³/mol. The van der Waals surface area contributed by atoms with Crippen molar-refractivity contribution in [3.8, 4) is 6.07 Å². The summed E-state index contributed by atoms with van der Waals surface area (Å²) in [7, 11) is 0. The zero-order valence-electron chi connectivity index (χ0n) is 8.79. The number of nitriles is 1. The van der Waals surface area contributed by atoms with Gasteiger partial charge in [0.2, 0.25) is 0 Å². The SMILES string of the molecule is N#Cc1cnc2ccc3ccccc3n2c1=O. The Bertz CT molecular complexity index is 827. The molecule has 0 bridgehead atoms. The van der Waals surface area contributed by atoms with Crippen molar-refractivity contribution in [1.29, 1.82) is 5.26 Å². The highest BCUT2D eigenvalue weighted by molar-refractivity contribution is 5.81. The number of benzene rings is 1. The molecule has 4 heteroatoms. The van der Waals surface area contributed by atoms with Gasteiger partial charge in [0.15, 0.2) is 0 Å². The molecule has 0 amide bonds. The van der Waals surface area contributed by atoms with Crippen molar-refractivity contribution in [2.75, 3.05) is 0 Å². The third-order valence-corrected chi connectivity index (χ3v) is 2.70. The Morgan fingerprint density at radius 2 is 2.00 bits per heavy atom. The van der Waals surface area contributed by atoms with E-state index in [1.807, 2.05) is 36.4 Å². The molecule has 0 aliphatic rings. The maximum atomic E-state index is 12.1. The van der Waals surface area contributed by atoms with Gasteiger partial charge in [0.05, 0.1) is 11.7 Å². The largest absolute Gasteiger partial charge is 0.276 e. The smallest absolute Gasteiger partial charge is 0.267 e. The number of nitrogens with zero attached hydrogens (tertiary/aromatic N) is 3. The summed E-state index contributed by atoms with van der Waals surface area (Å²) in [6.07, 6.45) is 1.31. The van der Waals surface area contributed by atoms with Crippen molar-refractivity contribution < 1.29 is 0 Å². The van der Waals surface area contributed by atoms with E-state index < -0.39 is 0 Å². The lowest BCUT2D eigenvalue weighted by molar-refractivity contribution is 1.07. The average Bonchev–Trinajstić information content (AvgIpc) is 2.38. The van der Waals surface area contributed by atoms with Crippen molar-refractivity contribution in [3.05, 3.63) is 58.5 Å². The van der Waals surface area contributed by atoms with Crippen LogP contribution in [0.1, 0.15) is 5.56 Å². The number of pyridine rings is 1. The minimum absolute atomic E-state index is 0.0545. The summed E-state index contributed by atoms with van der Waals surface area (Å²) in [5, 5.41) is 9.79. The zero-order chi connectivity index (χ0) is 11.8. The lowest BCUT2D eigenvalue weighted by atomic mass is 10.2. The molecule has 4 nitrogen and oxygen atoms in total. The highest BCUT2D eigenvalue weighted by atomic mass is 16.1. The first-order valence-corrected chi connectivity index (χ1v) is 5.11. The van der Waals surface area contributed by atoms with E-state index in [0.717, 1.165) is 10.9 Å². The fraction of sp³-hybridized carbons (Fsp3) is 0. The van der Waals surface area contributed by atoms with E-state index in [1.54, 1.807) is 6.07 Å². The summed E-state index contributed by atoms with van der Waals surface area (Å²) in [5.74, 6) is 0. The van der Waals surface area contributed by atoms with E-state index >= 15 is 0 Å². The van der Waals surface area contributed by atoms with Crippen molar-refractivity contribution >= 4 is 16.6 Å². The summed E-state index contributed by atoms with van der Waals surface area (Å²) in [5.41, 5.74) is 1.04. The number of para-hydroxylation sites is 1. The normalized spacial score (nSPS) is 10.5. The number of hydrogen-bond donors (Lipinski definition) is 0. The van der Waals surface area contributed by atoms with E-state index in [1.165, 1.54) is 10.6 Å². The fourth-order valence-corrected chi connectivity index (χ4v) is 1.89. The number of hydrogen-bond acceptors (Lipinski definition) is 3. The first-order valence-electron chi connectivity index (χ1n) is 5.11. The summed E-state index contributed by atoms with van der Waals surface area (Å²) in [4.78, 5) is 16.2. The Morgan fingerprint density at radius 1 is 1.18 bits per heavy atom. The predicted octanol–water partition coefficient (Wildman–Crippen LogP) is 1.72. The summed E-state index contributed by atoms with van der Waals surface area (Å²) in [6.45, 7) is 0. The third kappa shape index (κ3) is 1.30. The lowest BCUT2D eigenvalue weighted by Gasteiger charge is -2.04. The van der Waals surface area contributed by atoms with Gasteiger partial charge in [0, 0.05) is 0 Å². The van der Waals surface area contributed by atoms with Crippen LogP contribution in [0.5, 0.6) is 0 Å².